The molecule has 43 heavy (non-hydrogen) atoms. The number of aryl methyl sites for hydroxylation is 1. The summed E-state index contributed by atoms with van der Waals surface area (Å²) in [5, 5.41) is 16.8. The number of nitrogens with one attached hydrogen (secondary N) is 1. The number of piperidine rings is 1. The molecule has 1 aliphatic heterocycles. The van der Waals surface area contributed by atoms with E-state index in [2.05, 4.69) is 27.5 Å². The normalized spacial score (nSPS) is 14.6. The van der Waals surface area contributed by atoms with Crippen molar-refractivity contribution in [2.45, 2.75) is 50.8 Å². The molecule has 0 radical (unpaired) electrons. The number of carboxylic acids is 1. The van der Waals surface area contributed by atoms with Crippen LogP contribution in [0.1, 0.15) is 58.6 Å². The summed E-state index contributed by atoms with van der Waals surface area (Å²) in [6, 6.07) is 19.2. The van der Waals surface area contributed by atoms with Crippen LogP contribution in [0.3, 0.4) is 0 Å². The summed E-state index contributed by atoms with van der Waals surface area (Å²) in [6.07, 6.45) is -4.09. The van der Waals surface area contributed by atoms with Crippen LogP contribution in [-0.2, 0) is 19.0 Å². The molecule has 4 aromatic rings. The van der Waals surface area contributed by atoms with E-state index in [1.165, 1.54) is 24.6 Å². The van der Waals surface area contributed by atoms with E-state index in [-0.39, 0.29) is 23.4 Å². The number of ether oxygens (including phenoxy) is 1. The molecule has 1 fully saturated rings. The van der Waals surface area contributed by atoms with Gasteiger partial charge in [-0.05, 0) is 73.7 Å². The Morgan fingerprint density at radius 3 is 2.35 bits per heavy atom. The van der Waals surface area contributed by atoms with Gasteiger partial charge < -0.3 is 15.2 Å². The number of nitrogens with zero attached hydrogens (tertiary/aromatic N) is 3. The van der Waals surface area contributed by atoms with Crippen molar-refractivity contribution >= 4 is 5.97 Å². The third kappa shape index (κ3) is 6.10. The first-order valence-electron chi connectivity index (χ1n) is 13.8. The third-order valence-electron chi connectivity index (χ3n) is 7.46. The Labute approximate surface area is 244 Å². The topological polar surface area (TPSA) is 89.3 Å². The number of carbonyl (C=O) groups is 1. The first kappa shape index (κ1) is 30.1. The number of pyridine rings is 1. The van der Waals surface area contributed by atoms with E-state index in [9.17, 15) is 31.9 Å². The average Bonchev–Trinajstić information content (AvgIpc) is 3.42. The Morgan fingerprint density at radius 2 is 1.70 bits per heavy atom. The maximum absolute atomic E-state index is 14.8. The molecule has 2 N–H and O–H groups in total. The lowest BCUT2D eigenvalue weighted by Crippen LogP contribution is -2.37. The van der Waals surface area contributed by atoms with Gasteiger partial charge in [-0.2, -0.15) is 27.1 Å². The molecule has 226 valence electrons. The molecule has 7 nitrogen and oxygen atoms in total. The van der Waals surface area contributed by atoms with Crippen LogP contribution in [-0.4, -0.2) is 45.1 Å². The summed E-state index contributed by atoms with van der Waals surface area (Å²) in [6.45, 7) is 3.63. The third-order valence-corrected chi connectivity index (χ3v) is 7.46. The quantitative estimate of drug-likeness (QED) is 0.203. The molecule has 0 aliphatic carbocycles. The second kappa shape index (κ2) is 12.1. The zero-order valence-corrected chi connectivity index (χ0v) is 23.2. The van der Waals surface area contributed by atoms with Crippen LogP contribution >= 0.6 is 0 Å². The predicted octanol–water partition coefficient (Wildman–Crippen LogP) is 6.90. The molecule has 0 atom stereocenters. The van der Waals surface area contributed by atoms with Crippen molar-refractivity contribution in [3.05, 3.63) is 94.8 Å². The molecule has 1 saturated heterocycles. The van der Waals surface area contributed by atoms with Gasteiger partial charge in [-0.1, -0.05) is 49.4 Å². The van der Waals surface area contributed by atoms with E-state index in [0.29, 0.717) is 17.2 Å². The van der Waals surface area contributed by atoms with Gasteiger partial charge in [0.25, 0.3) is 0 Å². The number of aromatic nitrogens is 3. The van der Waals surface area contributed by atoms with Gasteiger partial charge in [-0.15, -0.1) is 0 Å². The summed E-state index contributed by atoms with van der Waals surface area (Å²) >= 11 is 0. The number of carboxylic acid groups (broad SMARTS) is 1. The van der Waals surface area contributed by atoms with E-state index in [1.807, 2.05) is 12.1 Å². The van der Waals surface area contributed by atoms with Gasteiger partial charge in [-0.25, -0.2) is 14.5 Å². The fourth-order valence-corrected chi connectivity index (χ4v) is 5.22. The van der Waals surface area contributed by atoms with Crippen molar-refractivity contribution in [3.63, 3.8) is 0 Å². The molecule has 0 spiro atoms. The summed E-state index contributed by atoms with van der Waals surface area (Å²) in [4.78, 5) is 16.2. The van der Waals surface area contributed by atoms with Gasteiger partial charge in [-0.3, -0.25) is 0 Å². The fraction of sp³-hybridized carbons (Fsp3) is 0.323. The van der Waals surface area contributed by atoms with Crippen LogP contribution in [0.15, 0.2) is 66.7 Å². The molecule has 1 aliphatic rings. The Balaban J connectivity index is 1.46. The monoisotopic (exact) mass is 600 g/mol. The van der Waals surface area contributed by atoms with Gasteiger partial charge in [0.2, 0.25) is 0 Å². The van der Waals surface area contributed by atoms with E-state index in [1.54, 1.807) is 30.3 Å². The lowest BCUT2D eigenvalue weighted by Gasteiger charge is -2.23. The minimum absolute atomic E-state index is 0.190. The lowest BCUT2D eigenvalue weighted by molar-refractivity contribution is -0.291. The highest BCUT2D eigenvalue weighted by atomic mass is 19.4. The SMILES string of the molecule is CCc1nn(-c2cccc(-c3ccccc3OCc3ccc(C4CCNCC4)cc3)n2)c(C(F)(F)C(F)(F)F)c1C(=O)O. The van der Waals surface area contributed by atoms with Crippen LogP contribution in [0, 0.1) is 0 Å². The zero-order valence-electron chi connectivity index (χ0n) is 23.2. The lowest BCUT2D eigenvalue weighted by atomic mass is 9.90. The van der Waals surface area contributed by atoms with Crippen molar-refractivity contribution < 1.29 is 36.6 Å². The predicted molar refractivity (Wildman–Crippen MR) is 149 cm³/mol. The van der Waals surface area contributed by atoms with E-state index < -0.39 is 40.8 Å². The first-order chi connectivity index (χ1) is 20.5. The smallest absolute Gasteiger partial charge is 0.459 e. The van der Waals surface area contributed by atoms with Crippen LogP contribution < -0.4 is 10.1 Å². The van der Waals surface area contributed by atoms with Crippen molar-refractivity contribution in [1.82, 2.24) is 20.1 Å². The van der Waals surface area contributed by atoms with Crippen LogP contribution in [0.5, 0.6) is 5.75 Å². The summed E-state index contributed by atoms with van der Waals surface area (Å²) in [5.41, 5.74) is -0.551. The van der Waals surface area contributed by atoms with Crippen molar-refractivity contribution in [2.24, 2.45) is 0 Å². The number of aromatic carboxylic acids is 1. The van der Waals surface area contributed by atoms with E-state index >= 15 is 0 Å². The molecule has 0 bridgehead atoms. The van der Waals surface area contributed by atoms with Gasteiger partial charge in [0.15, 0.2) is 5.82 Å². The number of rotatable bonds is 9. The van der Waals surface area contributed by atoms with Crippen LogP contribution in [0.4, 0.5) is 22.0 Å². The number of benzene rings is 2. The largest absolute Gasteiger partial charge is 0.488 e. The molecule has 0 unspecified atom stereocenters. The highest BCUT2D eigenvalue weighted by Gasteiger charge is 2.63. The van der Waals surface area contributed by atoms with Crippen molar-refractivity contribution in [1.29, 1.82) is 0 Å². The number of para-hydroxylation sites is 1. The standard InChI is InChI=1S/C31H29F5N4O3/c1-2-23-27(29(41)42)28(30(32,33)31(34,35)36)40(39-23)26-9-5-7-24(38-26)22-6-3-4-8-25(22)43-18-19-10-12-20(13-11-19)21-14-16-37-17-15-21/h3-13,21,37H,2,14-18H2,1H3,(H,41,42). The molecule has 2 aromatic heterocycles. The molecule has 2 aromatic carbocycles. The van der Waals surface area contributed by atoms with Gasteiger partial charge in [0, 0.05) is 5.56 Å². The molecule has 0 saturated carbocycles. The Hall–Kier alpha value is -4.32. The fourth-order valence-electron chi connectivity index (χ4n) is 5.22. The Morgan fingerprint density at radius 1 is 1.00 bits per heavy atom. The Bertz CT molecular complexity index is 1600. The maximum Gasteiger partial charge on any atom is 0.459 e. The van der Waals surface area contributed by atoms with Gasteiger partial charge >= 0.3 is 18.1 Å². The second-order valence-corrected chi connectivity index (χ2v) is 10.2. The van der Waals surface area contributed by atoms with Crippen LogP contribution in [0.25, 0.3) is 17.1 Å². The van der Waals surface area contributed by atoms with Crippen molar-refractivity contribution in [2.75, 3.05) is 13.1 Å². The molecule has 12 heteroatoms. The first-order valence-corrected chi connectivity index (χ1v) is 13.8. The van der Waals surface area contributed by atoms with Gasteiger partial charge in [0.1, 0.15) is 23.6 Å². The highest BCUT2D eigenvalue weighted by molar-refractivity contribution is 5.91. The minimum Gasteiger partial charge on any atom is -0.488 e. The van der Waals surface area contributed by atoms with Crippen molar-refractivity contribution in [3.8, 4) is 22.8 Å². The summed E-state index contributed by atoms with van der Waals surface area (Å²) in [7, 11) is 0. The average molecular weight is 601 g/mol. The number of hydrogen-bond donors (Lipinski definition) is 2. The Kier molecular flexibility index (Phi) is 8.50. The molecular weight excluding hydrogens is 571 g/mol. The highest BCUT2D eigenvalue weighted by Crippen LogP contribution is 2.46. The van der Waals surface area contributed by atoms with E-state index in [0.717, 1.165) is 31.5 Å². The number of hydrogen-bond acceptors (Lipinski definition) is 5. The minimum atomic E-state index is -6.07. The van der Waals surface area contributed by atoms with Gasteiger partial charge in [0.05, 0.1) is 11.4 Å². The van der Waals surface area contributed by atoms with Crippen LogP contribution in [0.2, 0.25) is 0 Å². The molecule has 0 amide bonds. The van der Waals surface area contributed by atoms with E-state index in [4.69, 9.17) is 4.74 Å². The summed E-state index contributed by atoms with van der Waals surface area (Å²) < 4.78 is 76.3. The molecule has 3 heterocycles. The molecule has 5 rings (SSSR count). The maximum atomic E-state index is 14.8. The number of alkyl halides is 5. The zero-order chi connectivity index (χ0) is 30.8. The second-order valence-electron chi connectivity index (χ2n) is 10.2. The molecular formula is C31H29F5N4O3. The summed E-state index contributed by atoms with van der Waals surface area (Å²) in [5.74, 6) is -6.93. The number of halogens is 5.